The van der Waals surface area contributed by atoms with E-state index < -0.39 is 11.6 Å². The molecule has 1 atom stereocenters. The molecule has 0 aliphatic carbocycles. The molecule has 2 aliphatic heterocycles. The number of nitrogens with one attached hydrogen (secondary N) is 1. The normalized spacial score (nSPS) is 27.8. The standard InChI is InChI=1S/C15H20F2N2/c16-12-8-13(17)10-14(9-12)19-6-1-2-15(4-7-19)3-5-18-11-15/h8-10,18H,1-7,11H2. The summed E-state index contributed by atoms with van der Waals surface area (Å²) in [5, 5.41) is 3.44. The minimum atomic E-state index is -0.489. The maximum Gasteiger partial charge on any atom is 0.128 e. The first kappa shape index (κ1) is 12.9. The molecule has 0 aromatic heterocycles. The Balaban J connectivity index is 1.75. The molecule has 2 aliphatic rings. The number of benzene rings is 1. The zero-order valence-electron chi connectivity index (χ0n) is 11.1. The van der Waals surface area contributed by atoms with Crippen LogP contribution in [-0.4, -0.2) is 26.2 Å². The molecular weight excluding hydrogens is 246 g/mol. The van der Waals surface area contributed by atoms with Crippen molar-refractivity contribution in [3.63, 3.8) is 0 Å². The van der Waals surface area contributed by atoms with Gasteiger partial charge in [0.2, 0.25) is 0 Å². The third-order valence-corrected chi connectivity index (χ3v) is 4.59. The van der Waals surface area contributed by atoms with E-state index in [4.69, 9.17) is 0 Å². The van der Waals surface area contributed by atoms with Crippen LogP contribution in [0.4, 0.5) is 14.5 Å². The van der Waals surface area contributed by atoms with Crippen molar-refractivity contribution in [3.05, 3.63) is 29.8 Å². The van der Waals surface area contributed by atoms with Gasteiger partial charge in [-0.1, -0.05) is 0 Å². The van der Waals surface area contributed by atoms with Crippen molar-refractivity contribution in [2.75, 3.05) is 31.1 Å². The Hall–Kier alpha value is -1.16. The molecule has 0 saturated carbocycles. The first-order valence-corrected chi connectivity index (χ1v) is 7.09. The summed E-state index contributed by atoms with van der Waals surface area (Å²) in [4.78, 5) is 2.12. The molecule has 0 bridgehead atoms. The summed E-state index contributed by atoms with van der Waals surface area (Å²) in [5.74, 6) is -0.979. The molecule has 104 valence electrons. The molecule has 1 spiro atoms. The van der Waals surface area contributed by atoms with Crippen LogP contribution in [0.15, 0.2) is 18.2 Å². The van der Waals surface area contributed by atoms with E-state index in [1.165, 1.54) is 25.0 Å². The quantitative estimate of drug-likeness (QED) is 0.840. The van der Waals surface area contributed by atoms with Crippen molar-refractivity contribution in [2.24, 2.45) is 5.41 Å². The Kier molecular flexibility index (Phi) is 3.44. The lowest BCUT2D eigenvalue weighted by atomic mass is 9.80. The Morgan fingerprint density at radius 2 is 1.79 bits per heavy atom. The van der Waals surface area contributed by atoms with Crippen LogP contribution in [0.5, 0.6) is 0 Å². The molecule has 3 rings (SSSR count). The first-order chi connectivity index (χ1) is 9.17. The van der Waals surface area contributed by atoms with E-state index in [2.05, 4.69) is 10.2 Å². The highest BCUT2D eigenvalue weighted by Crippen LogP contribution is 2.37. The fraction of sp³-hybridized carbons (Fsp3) is 0.600. The van der Waals surface area contributed by atoms with Gasteiger partial charge < -0.3 is 10.2 Å². The second kappa shape index (κ2) is 5.08. The number of hydrogen-bond acceptors (Lipinski definition) is 2. The highest BCUT2D eigenvalue weighted by atomic mass is 19.1. The minimum Gasteiger partial charge on any atom is -0.371 e. The minimum absolute atomic E-state index is 0.417. The molecule has 1 aromatic rings. The Bertz CT molecular complexity index is 435. The van der Waals surface area contributed by atoms with Gasteiger partial charge in [-0.25, -0.2) is 8.78 Å². The molecule has 1 N–H and O–H groups in total. The maximum atomic E-state index is 13.3. The maximum absolute atomic E-state index is 13.3. The smallest absolute Gasteiger partial charge is 0.128 e. The molecule has 2 nitrogen and oxygen atoms in total. The lowest BCUT2D eigenvalue weighted by Crippen LogP contribution is -2.28. The molecule has 1 aromatic carbocycles. The average Bonchev–Trinajstić information content (AvgIpc) is 2.70. The zero-order chi connectivity index (χ0) is 13.3. The van der Waals surface area contributed by atoms with Gasteiger partial charge in [-0.2, -0.15) is 0 Å². The van der Waals surface area contributed by atoms with Gasteiger partial charge >= 0.3 is 0 Å². The van der Waals surface area contributed by atoms with E-state index in [1.807, 2.05) is 0 Å². The van der Waals surface area contributed by atoms with E-state index in [0.29, 0.717) is 11.1 Å². The average molecular weight is 266 g/mol. The number of anilines is 1. The molecule has 1 unspecified atom stereocenters. The molecule has 2 heterocycles. The number of nitrogens with zero attached hydrogens (tertiary/aromatic N) is 1. The summed E-state index contributed by atoms with van der Waals surface area (Å²) in [6, 6.07) is 3.81. The second-order valence-corrected chi connectivity index (χ2v) is 5.90. The van der Waals surface area contributed by atoms with E-state index in [0.717, 1.165) is 45.1 Å². The predicted molar refractivity (Wildman–Crippen MR) is 72.3 cm³/mol. The van der Waals surface area contributed by atoms with E-state index in [9.17, 15) is 8.78 Å². The van der Waals surface area contributed by atoms with Crippen LogP contribution < -0.4 is 10.2 Å². The van der Waals surface area contributed by atoms with Crippen LogP contribution >= 0.6 is 0 Å². The van der Waals surface area contributed by atoms with Crippen molar-refractivity contribution in [1.82, 2.24) is 5.32 Å². The Morgan fingerprint density at radius 1 is 1.00 bits per heavy atom. The van der Waals surface area contributed by atoms with Crippen molar-refractivity contribution >= 4 is 5.69 Å². The summed E-state index contributed by atoms with van der Waals surface area (Å²) >= 11 is 0. The predicted octanol–water partition coefficient (Wildman–Crippen LogP) is 2.93. The lowest BCUT2D eigenvalue weighted by Gasteiger charge is -2.27. The van der Waals surface area contributed by atoms with E-state index >= 15 is 0 Å². The third kappa shape index (κ3) is 2.73. The van der Waals surface area contributed by atoms with Crippen LogP contribution in [0, 0.1) is 17.0 Å². The highest BCUT2D eigenvalue weighted by Gasteiger charge is 2.35. The first-order valence-electron chi connectivity index (χ1n) is 7.09. The van der Waals surface area contributed by atoms with Gasteiger partial charge in [0.1, 0.15) is 11.6 Å². The molecule has 2 saturated heterocycles. The van der Waals surface area contributed by atoms with Gasteiger partial charge in [0.05, 0.1) is 0 Å². The number of halogens is 2. The fourth-order valence-corrected chi connectivity index (χ4v) is 3.46. The molecule has 4 heteroatoms. The summed E-state index contributed by atoms with van der Waals surface area (Å²) in [5.41, 5.74) is 1.10. The van der Waals surface area contributed by atoms with Crippen LogP contribution in [0.3, 0.4) is 0 Å². The van der Waals surface area contributed by atoms with Gasteiger partial charge in [-0.3, -0.25) is 0 Å². The SMILES string of the molecule is Fc1cc(F)cc(N2CCCC3(CCNC3)CC2)c1. The molecule has 0 radical (unpaired) electrons. The highest BCUT2D eigenvalue weighted by molar-refractivity contribution is 5.47. The molecule has 2 fully saturated rings. The molecule has 19 heavy (non-hydrogen) atoms. The summed E-state index contributed by atoms with van der Waals surface area (Å²) < 4.78 is 26.6. The topological polar surface area (TPSA) is 15.3 Å². The Morgan fingerprint density at radius 3 is 2.47 bits per heavy atom. The summed E-state index contributed by atoms with van der Waals surface area (Å²) in [7, 11) is 0. The van der Waals surface area contributed by atoms with Crippen LogP contribution in [0.2, 0.25) is 0 Å². The van der Waals surface area contributed by atoms with Crippen molar-refractivity contribution in [3.8, 4) is 0 Å². The van der Waals surface area contributed by atoms with Gasteiger partial charge in [-0.15, -0.1) is 0 Å². The largest absolute Gasteiger partial charge is 0.371 e. The van der Waals surface area contributed by atoms with Crippen molar-refractivity contribution in [1.29, 1.82) is 0 Å². The third-order valence-electron chi connectivity index (χ3n) is 4.59. The summed E-state index contributed by atoms with van der Waals surface area (Å²) in [6.07, 6.45) is 4.66. The van der Waals surface area contributed by atoms with E-state index in [1.54, 1.807) is 0 Å². The Labute approximate surface area is 112 Å². The lowest BCUT2D eigenvalue weighted by molar-refractivity contribution is 0.286. The molecule has 0 amide bonds. The molecular formula is C15H20F2N2. The summed E-state index contributed by atoms with van der Waals surface area (Å²) in [6.45, 7) is 3.99. The monoisotopic (exact) mass is 266 g/mol. The van der Waals surface area contributed by atoms with Gasteiger partial charge in [-0.05, 0) is 49.8 Å². The fourth-order valence-electron chi connectivity index (χ4n) is 3.46. The second-order valence-electron chi connectivity index (χ2n) is 5.90. The number of rotatable bonds is 1. The van der Waals surface area contributed by atoms with E-state index in [-0.39, 0.29) is 0 Å². The van der Waals surface area contributed by atoms with Crippen molar-refractivity contribution < 1.29 is 8.78 Å². The van der Waals surface area contributed by atoms with Crippen LogP contribution in [-0.2, 0) is 0 Å². The number of hydrogen-bond donors (Lipinski definition) is 1. The van der Waals surface area contributed by atoms with Crippen LogP contribution in [0.25, 0.3) is 0 Å². The van der Waals surface area contributed by atoms with Gasteiger partial charge in [0, 0.05) is 31.4 Å². The van der Waals surface area contributed by atoms with Crippen molar-refractivity contribution in [2.45, 2.75) is 25.7 Å². The van der Waals surface area contributed by atoms with Crippen LogP contribution in [0.1, 0.15) is 25.7 Å². The zero-order valence-corrected chi connectivity index (χ0v) is 11.1. The van der Waals surface area contributed by atoms with Gasteiger partial charge in [0.25, 0.3) is 0 Å². The van der Waals surface area contributed by atoms with Gasteiger partial charge in [0.15, 0.2) is 0 Å².